The summed E-state index contributed by atoms with van der Waals surface area (Å²) >= 11 is 0. The van der Waals surface area contributed by atoms with Crippen molar-refractivity contribution in [3.05, 3.63) is 11.6 Å². The summed E-state index contributed by atoms with van der Waals surface area (Å²) in [4.78, 5) is 26.6. The molecule has 4 nitrogen and oxygen atoms in total. The second-order valence-corrected chi connectivity index (χ2v) is 9.55. The van der Waals surface area contributed by atoms with Gasteiger partial charge in [0.2, 0.25) is 11.8 Å². The van der Waals surface area contributed by atoms with Gasteiger partial charge >= 0.3 is 12.4 Å². The van der Waals surface area contributed by atoms with Crippen LogP contribution in [0.1, 0.15) is 41.5 Å². The lowest BCUT2D eigenvalue weighted by Crippen LogP contribution is -2.56. The average Bonchev–Trinajstić information content (AvgIpc) is 2.82. The lowest BCUT2D eigenvalue weighted by atomic mass is 9.85. The molecular formula is C19H26F6N2O2. The Morgan fingerprint density at radius 3 is 1.90 bits per heavy atom. The Bertz CT molecular complexity index is 702. The first-order valence-electron chi connectivity index (χ1n) is 9.26. The molecule has 0 unspecified atom stereocenters. The minimum absolute atomic E-state index is 0.0910. The van der Waals surface area contributed by atoms with Gasteiger partial charge in [0.05, 0.1) is 0 Å². The number of hydrogen-bond acceptors (Lipinski definition) is 2. The highest BCUT2D eigenvalue weighted by Crippen LogP contribution is 2.64. The van der Waals surface area contributed by atoms with E-state index in [1.807, 2.05) is 6.92 Å². The summed E-state index contributed by atoms with van der Waals surface area (Å²) in [5, 5.41) is 2.07. The maximum Gasteiger partial charge on any atom is 0.421 e. The molecule has 1 saturated heterocycles. The molecule has 0 spiro atoms. The first-order valence-corrected chi connectivity index (χ1v) is 9.26. The van der Waals surface area contributed by atoms with E-state index in [9.17, 15) is 35.9 Å². The third-order valence-electron chi connectivity index (χ3n) is 6.11. The Kier molecular flexibility index (Phi) is 5.60. The number of nitrogens with zero attached hydrogens (tertiary/aromatic N) is 1. The van der Waals surface area contributed by atoms with Crippen LogP contribution in [0.15, 0.2) is 11.6 Å². The van der Waals surface area contributed by atoms with Crippen LogP contribution in [0, 0.1) is 22.7 Å². The molecule has 29 heavy (non-hydrogen) atoms. The molecule has 4 atom stereocenters. The molecular weight excluding hydrogens is 402 g/mol. The Labute approximate surface area is 165 Å². The molecule has 0 aromatic rings. The summed E-state index contributed by atoms with van der Waals surface area (Å²) in [6.45, 7) is 11.2. The monoisotopic (exact) mass is 428 g/mol. The van der Waals surface area contributed by atoms with Gasteiger partial charge < -0.3 is 10.2 Å². The van der Waals surface area contributed by atoms with Gasteiger partial charge in [0.25, 0.3) is 0 Å². The van der Waals surface area contributed by atoms with Gasteiger partial charge in [-0.3, -0.25) is 9.59 Å². The van der Waals surface area contributed by atoms with Crippen LogP contribution in [-0.2, 0) is 9.59 Å². The zero-order chi connectivity index (χ0) is 22.7. The molecule has 0 radical (unpaired) electrons. The van der Waals surface area contributed by atoms with Crippen molar-refractivity contribution >= 4 is 11.8 Å². The molecule has 2 aliphatic rings. The van der Waals surface area contributed by atoms with Gasteiger partial charge in [-0.25, -0.2) is 0 Å². The van der Waals surface area contributed by atoms with Crippen molar-refractivity contribution < 1.29 is 35.9 Å². The highest BCUT2D eigenvalue weighted by Gasteiger charge is 2.66. The summed E-state index contributed by atoms with van der Waals surface area (Å²) < 4.78 is 76.1. The second kappa shape index (κ2) is 6.91. The fourth-order valence-corrected chi connectivity index (χ4v) is 4.41. The topological polar surface area (TPSA) is 49.4 Å². The van der Waals surface area contributed by atoms with Crippen LogP contribution in [0.25, 0.3) is 0 Å². The predicted molar refractivity (Wildman–Crippen MR) is 93.5 cm³/mol. The predicted octanol–water partition coefficient (Wildman–Crippen LogP) is 4.07. The van der Waals surface area contributed by atoms with Crippen molar-refractivity contribution in [2.45, 2.75) is 66.0 Å². The van der Waals surface area contributed by atoms with Gasteiger partial charge in [-0.1, -0.05) is 34.6 Å². The molecule has 166 valence electrons. The molecule has 2 amide bonds. The van der Waals surface area contributed by atoms with E-state index in [4.69, 9.17) is 0 Å². The number of carbonyl (C=O) groups excluding carboxylic acids is 2. The Morgan fingerprint density at radius 1 is 1.07 bits per heavy atom. The van der Waals surface area contributed by atoms with Crippen molar-refractivity contribution in [2.24, 2.45) is 22.7 Å². The molecule has 1 saturated carbocycles. The number of hydrogen-bond donors (Lipinski definition) is 1. The maximum absolute atomic E-state index is 13.0. The average molecular weight is 428 g/mol. The quantitative estimate of drug-likeness (QED) is 0.544. The van der Waals surface area contributed by atoms with E-state index in [0.29, 0.717) is 12.5 Å². The minimum atomic E-state index is -5.74. The zero-order valence-corrected chi connectivity index (χ0v) is 17.1. The van der Waals surface area contributed by atoms with Crippen LogP contribution < -0.4 is 5.32 Å². The third-order valence-corrected chi connectivity index (χ3v) is 6.11. The summed E-state index contributed by atoms with van der Waals surface area (Å²) in [7, 11) is 0. The van der Waals surface area contributed by atoms with E-state index in [2.05, 4.69) is 19.2 Å². The molecule has 1 heterocycles. The van der Waals surface area contributed by atoms with E-state index < -0.39 is 47.3 Å². The normalized spacial score (nSPS) is 27.2. The lowest BCUT2D eigenvalue weighted by molar-refractivity contribution is -0.172. The molecule has 1 aliphatic carbocycles. The number of likely N-dealkylation sites (tertiary alicyclic amines) is 1. The molecule has 0 bridgehead atoms. The van der Waals surface area contributed by atoms with E-state index in [0.717, 1.165) is 0 Å². The SMILES string of the molecule is C[C@@H]1[C@@H]2[C@H](CN1C(=O)[C@@H](NC(=O)C=C(C(F)(F)F)C(F)(F)F)C(C)(C)C)C2(C)C. The Hall–Kier alpha value is -1.74. The van der Waals surface area contributed by atoms with E-state index in [-0.39, 0.29) is 17.4 Å². The smallest absolute Gasteiger partial charge is 0.340 e. The highest BCUT2D eigenvalue weighted by atomic mass is 19.4. The molecule has 10 heteroatoms. The molecule has 0 aromatic carbocycles. The van der Waals surface area contributed by atoms with Crippen LogP contribution in [0.2, 0.25) is 0 Å². The largest absolute Gasteiger partial charge is 0.421 e. The van der Waals surface area contributed by atoms with Crippen molar-refractivity contribution in [1.29, 1.82) is 0 Å². The summed E-state index contributed by atoms with van der Waals surface area (Å²) in [5.74, 6) is -1.54. The molecule has 1 aliphatic heterocycles. The van der Waals surface area contributed by atoms with Crippen LogP contribution in [0.4, 0.5) is 26.3 Å². The number of rotatable bonds is 3. The van der Waals surface area contributed by atoms with Gasteiger partial charge in [-0.15, -0.1) is 0 Å². The van der Waals surface area contributed by atoms with Crippen molar-refractivity contribution in [3.63, 3.8) is 0 Å². The number of fused-ring (bicyclic) bond motifs is 1. The molecule has 0 aromatic heterocycles. The fraction of sp³-hybridized carbons (Fsp3) is 0.789. The van der Waals surface area contributed by atoms with Gasteiger partial charge in [0.15, 0.2) is 0 Å². The molecule has 1 N–H and O–H groups in total. The van der Waals surface area contributed by atoms with Crippen LogP contribution in [0.3, 0.4) is 0 Å². The van der Waals surface area contributed by atoms with Crippen molar-refractivity contribution in [2.75, 3.05) is 6.54 Å². The van der Waals surface area contributed by atoms with E-state index in [1.54, 1.807) is 25.7 Å². The minimum Gasteiger partial charge on any atom is -0.340 e. The van der Waals surface area contributed by atoms with Gasteiger partial charge in [0.1, 0.15) is 11.6 Å². The maximum atomic E-state index is 13.0. The first-order chi connectivity index (χ1) is 12.8. The van der Waals surface area contributed by atoms with Gasteiger partial charge in [-0.05, 0) is 29.6 Å². The van der Waals surface area contributed by atoms with Crippen LogP contribution in [-0.4, -0.2) is 47.7 Å². The summed E-state index contributed by atoms with van der Waals surface area (Å²) in [5.41, 5.74) is -3.74. The van der Waals surface area contributed by atoms with Crippen molar-refractivity contribution in [1.82, 2.24) is 10.2 Å². The van der Waals surface area contributed by atoms with E-state index in [1.165, 1.54) is 0 Å². The number of piperidine rings is 1. The number of halogens is 6. The zero-order valence-electron chi connectivity index (χ0n) is 17.1. The number of nitrogens with one attached hydrogen (secondary N) is 1. The molecule has 2 fully saturated rings. The number of allylic oxidation sites excluding steroid dienone is 1. The van der Waals surface area contributed by atoms with Gasteiger partial charge in [0, 0.05) is 18.7 Å². The Balaban J connectivity index is 2.23. The van der Waals surface area contributed by atoms with Crippen LogP contribution >= 0.6 is 0 Å². The molecule has 2 rings (SSSR count). The Morgan fingerprint density at radius 2 is 1.55 bits per heavy atom. The van der Waals surface area contributed by atoms with E-state index >= 15 is 0 Å². The highest BCUT2D eigenvalue weighted by molar-refractivity contribution is 5.94. The number of amides is 2. The summed E-state index contributed by atoms with van der Waals surface area (Å²) in [6.07, 6.45) is -12.0. The van der Waals surface area contributed by atoms with Crippen molar-refractivity contribution in [3.8, 4) is 0 Å². The number of carbonyl (C=O) groups is 2. The lowest BCUT2D eigenvalue weighted by Gasteiger charge is -2.37. The second-order valence-electron chi connectivity index (χ2n) is 9.55. The third kappa shape index (κ3) is 4.55. The van der Waals surface area contributed by atoms with Gasteiger partial charge in [-0.2, -0.15) is 26.3 Å². The first kappa shape index (κ1) is 23.5. The standard InChI is InChI=1S/C19H26F6N2O2/c1-9-13-10(17(13,5)6)8-27(9)15(29)14(16(2,3)4)26-12(28)7-11(18(20,21)22)19(23,24)25/h7,9-10,13-14H,8H2,1-6H3,(H,26,28)/t9-,10+,13-,14-/m1/s1. The summed E-state index contributed by atoms with van der Waals surface area (Å²) in [6, 6.07) is -1.39. The fourth-order valence-electron chi connectivity index (χ4n) is 4.41. The number of alkyl halides is 6. The van der Waals surface area contributed by atoms with Crippen LogP contribution in [0.5, 0.6) is 0 Å².